The lowest BCUT2D eigenvalue weighted by atomic mass is 9.85. The Morgan fingerprint density at radius 3 is 2.63 bits per heavy atom. The second kappa shape index (κ2) is 8.11. The van der Waals surface area contributed by atoms with Crippen molar-refractivity contribution in [1.82, 2.24) is 9.80 Å². The summed E-state index contributed by atoms with van der Waals surface area (Å²) in [5.74, 6) is 2.73. The summed E-state index contributed by atoms with van der Waals surface area (Å²) in [4.78, 5) is 22.3. The standard InChI is InChI=1S/C24H28N4O2/c1-2-27-12-14-28(15-13-27)23-19-16-18(25-24(29)17-6-5-7-17)10-11-21(19)30-22-9-4-3-8-20(22)26-23/h3-4,8-11,16-17H,2,5-7,12-15H2,1H3,(H,25,29). The predicted octanol–water partition coefficient (Wildman–Crippen LogP) is 4.25. The van der Waals surface area contributed by atoms with Crippen LogP contribution in [0.15, 0.2) is 47.5 Å². The molecule has 1 saturated carbocycles. The summed E-state index contributed by atoms with van der Waals surface area (Å²) in [7, 11) is 0. The van der Waals surface area contributed by atoms with E-state index in [2.05, 4.69) is 22.0 Å². The molecule has 1 aliphatic carbocycles. The smallest absolute Gasteiger partial charge is 0.227 e. The number of likely N-dealkylation sites (N-methyl/N-ethyl adjacent to an activating group) is 1. The van der Waals surface area contributed by atoms with E-state index in [-0.39, 0.29) is 11.8 Å². The summed E-state index contributed by atoms with van der Waals surface area (Å²) >= 11 is 0. The SMILES string of the molecule is CCN1CCN(C2=Nc3ccccc3Oc3ccc(NC(=O)C4CCC4)cc32)CC1. The van der Waals surface area contributed by atoms with Crippen molar-refractivity contribution in [2.45, 2.75) is 26.2 Å². The summed E-state index contributed by atoms with van der Waals surface area (Å²) in [6.07, 6.45) is 3.13. The summed E-state index contributed by atoms with van der Waals surface area (Å²) < 4.78 is 6.24. The van der Waals surface area contributed by atoms with Crippen molar-refractivity contribution >= 4 is 23.1 Å². The number of aliphatic imine (C=N–C) groups is 1. The minimum atomic E-state index is 0.120. The van der Waals surface area contributed by atoms with Gasteiger partial charge in [0.2, 0.25) is 5.91 Å². The molecule has 0 spiro atoms. The van der Waals surface area contributed by atoms with Crippen LogP contribution in [0, 0.1) is 5.92 Å². The number of anilines is 1. The molecular weight excluding hydrogens is 376 g/mol. The van der Waals surface area contributed by atoms with Crippen LogP contribution >= 0.6 is 0 Å². The van der Waals surface area contributed by atoms with Crippen LogP contribution in [-0.4, -0.2) is 54.3 Å². The summed E-state index contributed by atoms with van der Waals surface area (Å²) in [6.45, 7) is 7.16. The minimum Gasteiger partial charge on any atom is -0.454 e. The third-order valence-corrected chi connectivity index (χ3v) is 6.39. The Hall–Kier alpha value is -2.86. The predicted molar refractivity (Wildman–Crippen MR) is 119 cm³/mol. The molecule has 30 heavy (non-hydrogen) atoms. The lowest BCUT2D eigenvalue weighted by Gasteiger charge is -2.36. The Labute approximate surface area is 177 Å². The van der Waals surface area contributed by atoms with E-state index in [1.807, 2.05) is 42.5 Å². The van der Waals surface area contributed by atoms with Crippen LogP contribution in [0.5, 0.6) is 11.5 Å². The molecule has 0 bridgehead atoms. The maximum atomic E-state index is 12.5. The molecule has 6 nitrogen and oxygen atoms in total. The number of fused-ring (bicyclic) bond motifs is 2. The summed E-state index contributed by atoms with van der Waals surface area (Å²) in [5, 5.41) is 3.10. The zero-order valence-electron chi connectivity index (χ0n) is 17.4. The number of carbonyl (C=O) groups is 1. The van der Waals surface area contributed by atoms with Crippen molar-refractivity contribution in [2.75, 3.05) is 38.0 Å². The van der Waals surface area contributed by atoms with Gasteiger partial charge in [-0.2, -0.15) is 0 Å². The molecule has 2 aliphatic heterocycles. The number of nitrogens with one attached hydrogen (secondary N) is 1. The molecule has 1 saturated heterocycles. The van der Waals surface area contributed by atoms with Crippen molar-refractivity contribution in [1.29, 1.82) is 0 Å². The Morgan fingerprint density at radius 2 is 1.90 bits per heavy atom. The monoisotopic (exact) mass is 404 g/mol. The van der Waals surface area contributed by atoms with Crippen LogP contribution in [0.25, 0.3) is 0 Å². The zero-order valence-corrected chi connectivity index (χ0v) is 17.4. The highest BCUT2D eigenvalue weighted by Crippen LogP contribution is 2.39. The Bertz CT molecular complexity index is 975. The van der Waals surface area contributed by atoms with Crippen molar-refractivity contribution in [3.05, 3.63) is 48.0 Å². The van der Waals surface area contributed by atoms with Crippen LogP contribution < -0.4 is 10.1 Å². The van der Waals surface area contributed by atoms with Gasteiger partial charge in [-0.15, -0.1) is 0 Å². The van der Waals surface area contributed by atoms with Gasteiger partial charge in [0.05, 0.1) is 5.56 Å². The molecule has 5 rings (SSSR count). The van der Waals surface area contributed by atoms with E-state index in [0.29, 0.717) is 0 Å². The number of benzene rings is 2. The third kappa shape index (κ3) is 3.67. The van der Waals surface area contributed by atoms with Gasteiger partial charge in [-0.3, -0.25) is 4.79 Å². The molecule has 3 aliphatic rings. The average molecular weight is 405 g/mol. The fourth-order valence-electron chi connectivity index (χ4n) is 4.23. The van der Waals surface area contributed by atoms with Crippen LogP contribution in [0.2, 0.25) is 0 Å². The van der Waals surface area contributed by atoms with Crippen molar-refractivity contribution in [3.8, 4) is 11.5 Å². The van der Waals surface area contributed by atoms with E-state index in [4.69, 9.17) is 9.73 Å². The molecule has 1 amide bonds. The van der Waals surface area contributed by atoms with Gasteiger partial charge in [-0.25, -0.2) is 4.99 Å². The highest BCUT2D eigenvalue weighted by Gasteiger charge is 2.28. The van der Waals surface area contributed by atoms with E-state index < -0.39 is 0 Å². The van der Waals surface area contributed by atoms with Gasteiger partial charge in [0.25, 0.3) is 0 Å². The topological polar surface area (TPSA) is 57.2 Å². The Balaban J connectivity index is 1.50. The molecule has 1 N–H and O–H groups in total. The maximum absolute atomic E-state index is 12.5. The quantitative estimate of drug-likeness (QED) is 0.831. The molecule has 2 heterocycles. The van der Waals surface area contributed by atoms with Crippen molar-refractivity contribution in [3.63, 3.8) is 0 Å². The molecule has 0 unspecified atom stereocenters. The number of amides is 1. The van der Waals surface area contributed by atoms with Gasteiger partial charge in [0.15, 0.2) is 5.75 Å². The first-order valence-corrected chi connectivity index (χ1v) is 11.0. The van der Waals surface area contributed by atoms with Gasteiger partial charge in [0, 0.05) is 37.8 Å². The zero-order chi connectivity index (χ0) is 20.5. The lowest BCUT2D eigenvalue weighted by Crippen LogP contribution is -2.48. The highest BCUT2D eigenvalue weighted by molar-refractivity contribution is 6.05. The number of hydrogen-bond acceptors (Lipinski definition) is 5. The van der Waals surface area contributed by atoms with E-state index in [1.165, 1.54) is 0 Å². The molecular formula is C24H28N4O2. The van der Waals surface area contributed by atoms with Crippen LogP contribution in [-0.2, 0) is 4.79 Å². The highest BCUT2D eigenvalue weighted by atomic mass is 16.5. The average Bonchev–Trinajstić information content (AvgIpc) is 2.89. The van der Waals surface area contributed by atoms with Gasteiger partial charge < -0.3 is 19.9 Å². The number of amidine groups is 1. The van der Waals surface area contributed by atoms with Gasteiger partial charge >= 0.3 is 0 Å². The molecule has 156 valence electrons. The number of rotatable bonds is 3. The number of para-hydroxylation sites is 2. The molecule has 0 atom stereocenters. The van der Waals surface area contributed by atoms with Gasteiger partial charge in [-0.1, -0.05) is 25.5 Å². The second-order valence-electron chi connectivity index (χ2n) is 8.25. The number of carbonyl (C=O) groups excluding carboxylic acids is 1. The fraction of sp³-hybridized carbons (Fsp3) is 0.417. The van der Waals surface area contributed by atoms with Crippen LogP contribution in [0.1, 0.15) is 31.7 Å². The van der Waals surface area contributed by atoms with E-state index in [9.17, 15) is 4.79 Å². The molecule has 6 heteroatoms. The first-order chi connectivity index (χ1) is 14.7. The number of nitrogens with zero attached hydrogens (tertiary/aromatic N) is 3. The first-order valence-electron chi connectivity index (χ1n) is 11.0. The largest absolute Gasteiger partial charge is 0.454 e. The molecule has 2 fully saturated rings. The fourth-order valence-corrected chi connectivity index (χ4v) is 4.23. The molecule has 0 aromatic heterocycles. The summed E-state index contributed by atoms with van der Waals surface area (Å²) in [5.41, 5.74) is 2.57. The van der Waals surface area contributed by atoms with E-state index >= 15 is 0 Å². The van der Waals surface area contributed by atoms with Crippen LogP contribution in [0.4, 0.5) is 11.4 Å². The maximum Gasteiger partial charge on any atom is 0.227 e. The molecule has 2 aromatic rings. The molecule has 2 aromatic carbocycles. The normalized spacial score (nSPS) is 19.0. The first kappa shape index (κ1) is 19.1. The lowest BCUT2D eigenvalue weighted by molar-refractivity contribution is -0.122. The molecule has 0 radical (unpaired) electrons. The van der Waals surface area contributed by atoms with Crippen LogP contribution in [0.3, 0.4) is 0 Å². The van der Waals surface area contributed by atoms with Gasteiger partial charge in [-0.05, 0) is 49.7 Å². The summed E-state index contributed by atoms with van der Waals surface area (Å²) in [6, 6.07) is 13.8. The third-order valence-electron chi connectivity index (χ3n) is 6.39. The van der Waals surface area contributed by atoms with Gasteiger partial charge in [0.1, 0.15) is 17.3 Å². The number of piperazine rings is 1. The van der Waals surface area contributed by atoms with Crippen molar-refractivity contribution < 1.29 is 9.53 Å². The number of hydrogen-bond donors (Lipinski definition) is 1. The van der Waals surface area contributed by atoms with E-state index in [1.54, 1.807) is 0 Å². The number of ether oxygens (including phenoxy) is 1. The second-order valence-corrected chi connectivity index (χ2v) is 8.25. The minimum absolute atomic E-state index is 0.120. The van der Waals surface area contributed by atoms with Crippen molar-refractivity contribution in [2.24, 2.45) is 10.9 Å². The van der Waals surface area contributed by atoms with E-state index in [0.717, 1.165) is 86.3 Å². The Morgan fingerprint density at radius 1 is 1.10 bits per heavy atom. The Kier molecular flexibility index (Phi) is 5.17.